The molecule has 0 fully saturated rings. The topological polar surface area (TPSA) is 55.2 Å². The van der Waals surface area contributed by atoms with E-state index in [4.69, 9.17) is 4.74 Å². The van der Waals surface area contributed by atoms with Gasteiger partial charge in [-0.3, -0.25) is 0 Å². The molecule has 0 radical (unpaired) electrons. The summed E-state index contributed by atoms with van der Waals surface area (Å²) >= 11 is 0. The Hall–Kier alpha value is -2.62. The second-order valence-electron chi connectivity index (χ2n) is 4.12. The van der Waals surface area contributed by atoms with Gasteiger partial charge in [0.15, 0.2) is 5.82 Å². The number of rotatable bonds is 2. The number of aromatic hydroxyl groups is 1. The van der Waals surface area contributed by atoms with Gasteiger partial charge in [0.2, 0.25) is 5.88 Å². The third kappa shape index (κ3) is 2.08. The number of phenolic OH excluding ortho intramolecular Hbond substituents is 1. The maximum absolute atomic E-state index is 9.53. The van der Waals surface area contributed by atoms with E-state index in [2.05, 4.69) is 9.97 Å². The first-order chi connectivity index (χ1) is 9.28. The number of hydrogen-bond donors (Lipinski definition) is 1. The van der Waals surface area contributed by atoms with Crippen LogP contribution < -0.4 is 4.74 Å². The minimum Gasteiger partial charge on any atom is -0.508 e. The Morgan fingerprint density at radius 1 is 1.00 bits per heavy atom. The highest BCUT2D eigenvalue weighted by Gasteiger charge is 2.10. The molecule has 0 spiro atoms. The lowest BCUT2D eigenvalue weighted by atomic mass is 10.2. The summed E-state index contributed by atoms with van der Waals surface area (Å²) in [4.78, 5) is 8.88. The minimum atomic E-state index is 0.168. The predicted octanol–water partition coefficient (Wildman–Crippen LogP) is 3.01. The van der Waals surface area contributed by atoms with Crippen molar-refractivity contribution in [2.45, 2.75) is 0 Å². The van der Waals surface area contributed by atoms with E-state index in [0.717, 1.165) is 11.1 Å². The van der Waals surface area contributed by atoms with Crippen molar-refractivity contribution in [3.63, 3.8) is 0 Å². The number of hydrogen-bond acceptors (Lipinski definition) is 4. The first-order valence-electron chi connectivity index (χ1n) is 5.88. The fourth-order valence-electron chi connectivity index (χ4n) is 1.96. The van der Waals surface area contributed by atoms with Crippen molar-refractivity contribution in [2.75, 3.05) is 7.11 Å². The smallest absolute Gasteiger partial charge is 0.224 e. The van der Waals surface area contributed by atoms with Gasteiger partial charge in [0.25, 0.3) is 0 Å². The van der Waals surface area contributed by atoms with Gasteiger partial charge in [-0.2, -0.15) is 4.98 Å². The summed E-state index contributed by atoms with van der Waals surface area (Å²) in [7, 11) is 1.56. The number of ether oxygens (including phenoxy) is 1. The van der Waals surface area contributed by atoms with Crippen LogP contribution in [0.15, 0.2) is 48.5 Å². The van der Waals surface area contributed by atoms with Crippen LogP contribution in [-0.4, -0.2) is 22.2 Å². The summed E-state index contributed by atoms with van der Waals surface area (Å²) in [5.74, 6) is 1.23. The molecule has 0 aliphatic rings. The van der Waals surface area contributed by atoms with E-state index >= 15 is 0 Å². The molecule has 0 aliphatic heterocycles. The molecule has 3 aromatic rings. The van der Waals surface area contributed by atoms with E-state index in [1.54, 1.807) is 25.3 Å². The molecule has 2 aromatic carbocycles. The largest absolute Gasteiger partial charge is 0.508 e. The van der Waals surface area contributed by atoms with Crippen LogP contribution in [0.2, 0.25) is 0 Å². The molecule has 0 bridgehead atoms. The Morgan fingerprint density at radius 3 is 2.53 bits per heavy atom. The average Bonchev–Trinajstić information content (AvgIpc) is 2.47. The lowest BCUT2D eigenvalue weighted by molar-refractivity contribution is 0.403. The van der Waals surface area contributed by atoms with Gasteiger partial charge in [0.05, 0.1) is 18.0 Å². The number of benzene rings is 2. The van der Waals surface area contributed by atoms with E-state index in [9.17, 15) is 5.11 Å². The molecule has 0 unspecified atom stereocenters. The van der Waals surface area contributed by atoms with Crippen molar-refractivity contribution >= 4 is 10.9 Å². The molecule has 0 atom stereocenters. The molecule has 4 heteroatoms. The van der Waals surface area contributed by atoms with Crippen LogP contribution in [0.4, 0.5) is 0 Å². The maximum atomic E-state index is 9.53. The number of nitrogens with zero attached hydrogens (tertiary/aromatic N) is 2. The third-order valence-corrected chi connectivity index (χ3v) is 2.87. The van der Waals surface area contributed by atoms with Gasteiger partial charge in [-0.1, -0.05) is 30.3 Å². The van der Waals surface area contributed by atoms with E-state index in [0.29, 0.717) is 17.1 Å². The second kappa shape index (κ2) is 4.57. The van der Waals surface area contributed by atoms with Crippen molar-refractivity contribution < 1.29 is 9.84 Å². The highest BCUT2D eigenvalue weighted by Crippen LogP contribution is 2.28. The highest BCUT2D eigenvalue weighted by atomic mass is 16.5. The first kappa shape index (κ1) is 11.5. The van der Waals surface area contributed by atoms with Crippen LogP contribution in [0.25, 0.3) is 22.3 Å². The summed E-state index contributed by atoms with van der Waals surface area (Å²) in [5.41, 5.74) is 1.67. The number of methoxy groups -OCH3 is 1. The Morgan fingerprint density at radius 2 is 1.79 bits per heavy atom. The molecular weight excluding hydrogens is 240 g/mol. The number of fused-ring (bicyclic) bond motifs is 1. The van der Waals surface area contributed by atoms with Gasteiger partial charge in [-0.05, 0) is 18.2 Å². The van der Waals surface area contributed by atoms with E-state index in [1.807, 2.05) is 30.3 Å². The van der Waals surface area contributed by atoms with Crippen molar-refractivity contribution in [3.8, 4) is 23.0 Å². The maximum Gasteiger partial charge on any atom is 0.224 e. The molecule has 0 saturated heterocycles. The zero-order chi connectivity index (χ0) is 13.2. The molecule has 0 saturated carbocycles. The van der Waals surface area contributed by atoms with Crippen LogP contribution in [0.1, 0.15) is 0 Å². The third-order valence-electron chi connectivity index (χ3n) is 2.87. The number of phenols is 1. The lowest BCUT2D eigenvalue weighted by Gasteiger charge is -2.07. The summed E-state index contributed by atoms with van der Waals surface area (Å²) in [6.45, 7) is 0. The minimum absolute atomic E-state index is 0.168. The quantitative estimate of drug-likeness (QED) is 0.761. The molecule has 94 valence electrons. The Labute approximate surface area is 110 Å². The molecule has 3 rings (SSSR count). The van der Waals surface area contributed by atoms with Gasteiger partial charge < -0.3 is 9.84 Å². The van der Waals surface area contributed by atoms with Crippen LogP contribution in [0.5, 0.6) is 11.6 Å². The van der Waals surface area contributed by atoms with E-state index in [1.165, 1.54) is 0 Å². The van der Waals surface area contributed by atoms with E-state index < -0.39 is 0 Å². The van der Waals surface area contributed by atoms with Gasteiger partial charge in [-0.15, -0.1) is 0 Å². The normalized spacial score (nSPS) is 10.6. The van der Waals surface area contributed by atoms with Crippen molar-refractivity contribution in [1.29, 1.82) is 0 Å². The molecule has 0 amide bonds. The Balaban J connectivity index is 2.26. The van der Waals surface area contributed by atoms with E-state index in [-0.39, 0.29) is 5.75 Å². The number of aromatic nitrogens is 2. The molecule has 19 heavy (non-hydrogen) atoms. The predicted molar refractivity (Wildman–Crippen MR) is 73.2 cm³/mol. The molecular formula is C15H12N2O2. The summed E-state index contributed by atoms with van der Waals surface area (Å²) < 4.78 is 5.28. The van der Waals surface area contributed by atoms with Gasteiger partial charge >= 0.3 is 0 Å². The Bertz CT molecular complexity index is 727. The SMILES string of the molecule is COc1nc(-c2ccccc2)nc2ccc(O)cc12. The van der Waals surface area contributed by atoms with Crippen LogP contribution in [0.3, 0.4) is 0 Å². The zero-order valence-electron chi connectivity index (χ0n) is 10.4. The fourth-order valence-corrected chi connectivity index (χ4v) is 1.96. The molecule has 4 nitrogen and oxygen atoms in total. The molecule has 0 aliphatic carbocycles. The second-order valence-corrected chi connectivity index (χ2v) is 4.12. The van der Waals surface area contributed by atoms with Crippen LogP contribution in [0, 0.1) is 0 Å². The van der Waals surface area contributed by atoms with Crippen LogP contribution in [-0.2, 0) is 0 Å². The fraction of sp³-hybridized carbons (Fsp3) is 0.0667. The highest BCUT2D eigenvalue weighted by molar-refractivity contribution is 5.86. The van der Waals surface area contributed by atoms with Crippen LogP contribution >= 0.6 is 0 Å². The van der Waals surface area contributed by atoms with Crippen molar-refractivity contribution in [2.24, 2.45) is 0 Å². The zero-order valence-corrected chi connectivity index (χ0v) is 10.4. The first-order valence-corrected chi connectivity index (χ1v) is 5.88. The Kier molecular flexibility index (Phi) is 2.76. The van der Waals surface area contributed by atoms with Crippen molar-refractivity contribution in [1.82, 2.24) is 9.97 Å². The van der Waals surface area contributed by atoms with Gasteiger partial charge in [-0.25, -0.2) is 4.98 Å². The monoisotopic (exact) mass is 252 g/mol. The van der Waals surface area contributed by atoms with Gasteiger partial charge in [0, 0.05) is 5.56 Å². The molecule has 1 N–H and O–H groups in total. The molecule has 1 aromatic heterocycles. The standard InChI is InChI=1S/C15H12N2O2/c1-19-15-12-9-11(18)7-8-13(12)16-14(17-15)10-5-3-2-4-6-10/h2-9,18H,1H3. The van der Waals surface area contributed by atoms with Gasteiger partial charge in [0.1, 0.15) is 5.75 Å². The average molecular weight is 252 g/mol. The summed E-state index contributed by atoms with van der Waals surface area (Å²) in [6, 6.07) is 14.7. The molecule has 1 heterocycles. The lowest BCUT2D eigenvalue weighted by Crippen LogP contribution is -1.95. The summed E-state index contributed by atoms with van der Waals surface area (Å²) in [6.07, 6.45) is 0. The van der Waals surface area contributed by atoms with Crippen molar-refractivity contribution in [3.05, 3.63) is 48.5 Å². The summed E-state index contributed by atoms with van der Waals surface area (Å²) in [5, 5.41) is 10.2.